The van der Waals surface area contributed by atoms with Gasteiger partial charge in [0.2, 0.25) is 5.95 Å². The molecule has 0 aliphatic heterocycles. The molecule has 0 unspecified atom stereocenters. The molecule has 2 aromatic rings. The Morgan fingerprint density at radius 3 is 2.03 bits per heavy atom. The highest BCUT2D eigenvalue weighted by atomic mass is 32.3. The van der Waals surface area contributed by atoms with E-state index in [0.717, 1.165) is 31.5 Å². The maximum atomic E-state index is 8.74. The lowest BCUT2D eigenvalue weighted by Gasteiger charge is -2.24. The third kappa shape index (κ3) is 10.7. The molecular weight excluding hydrogens is 398 g/mol. The molecule has 1 aromatic carbocycles. The third-order valence-electron chi connectivity index (χ3n) is 3.56. The smallest absolute Gasteiger partial charge is 0.341 e. The Hall–Kier alpha value is -2.34. The largest absolute Gasteiger partial charge is 0.394 e. The number of rotatable bonds is 10. The van der Waals surface area contributed by atoms with Crippen molar-refractivity contribution in [2.45, 2.75) is 40.2 Å². The molecule has 1 heterocycles. The summed E-state index contributed by atoms with van der Waals surface area (Å²) >= 11 is 0. The molecule has 0 aliphatic carbocycles. The van der Waals surface area contributed by atoms with Crippen molar-refractivity contribution in [3.63, 3.8) is 0 Å². The van der Waals surface area contributed by atoms with Gasteiger partial charge < -0.3 is 4.90 Å². The van der Waals surface area contributed by atoms with Gasteiger partial charge in [0, 0.05) is 19.6 Å². The van der Waals surface area contributed by atoms with Crippen LogP contribution in [0.2, 0.25) is 0 Å². The topological polar surface area (TPSA) is 129 Å². The summed E-state index contributed by atoms with van der Waals surface area (Å²) in [5.41, 5.74) is 1.11. The molecule has 0 bridgehead atoms. The van der Waals surface area contributed by atoms with Crippen molar-refractivity contribution in [3.8, 4) is 0 Å². The summed E-state index contributed by atoms with van der Waals surface area (Å²) in [6.45, 7) is 9.37. The Morgan fingerprint density at radius 1 is 0.966 bits per heavy atom. The van der Waals surface area contributed by atoms with Gasteiger partial charge in [-0.3, -0.25) is 13.9 Å². The lowest BCUT2D eigenvalue weighted by Crippen LogP contribution is -2.29. The number of hydrogen-bond acceptors (Lipinski definition) is 8. The molecule has 0 fully saturated rings. The monoisotopic (exact) mass is 427 g/mol. The van der Waals surface area contributed by atoms with Crippen LogP contribution in [-0.2, 0) is 21.8 Å². The zero-order valence-electron chi connectivity index (χ0n) is 17.0. The van der Waals surface area contributed by atoms with Crippen molar-refractivity contribution in [2.75, 3.05) is 29.6 Å². The average molecular weight is 428 g/mol. The SMILES string of the molecule is CCCN(CCC)c1ncnc(N(CC)OCc2ccccc2)n1.O=S(=O)(O)O. The average Bonchev–Trinajstić information content (AvgIpc) is 2.68. The highest BCUT2D eigenvalue weighted by Gasteiger charge is 2.13. The molecule has 0 aliphatic rings. The van der Waals surface area contributed by atoms with Gasteiger partial charge in [-0.1, -0.05) is 44.2 Å². The molecule has 162 valence electrons. The minimum absolute atomic E-state index is 0.489. The summed E-state index contributed by atoms with van der Waals surface area (Å²) < 4.78 is 31.6. The van der Waals surface area contributed by atoms with E-state index in [1.54, 1.807) is 11.4 Å². The Labute approximate surface area is 172 Å². The van der Waals surface area contributed by atoms with Crippen molar-refractivity contribution >= 4 is 22.3 Å². The number of benzene rings is 1. The van der Waals surface area contributed by atoms with E-state index in [9.17, 15) is 0 Å². The first-order chi connectivity index (χ1) is 13.8. The van der Waals surface area contributed by atoms with Crippen molar-refractivity contribution in [2.24, 2.45) is 0 Å². The number of hydrogen-bond donors (Lipinski definition) is 2. The third-order valence-corrected chi connectivity index (χ3v) is 3.56. The van der Waals surface area contributed by atoms with E-state index in [4.69, 9.17) is 22.4 Å². The van der Waals surface area contributed by atoms with Crippen LogP contribution < -0.4 is 9.96 Å². The van der Waals surface area contributed by atoms with Crippen LogP contribution in [0.4, 0.5) is 11.9 Å². The number of hydroxylamine groups is 1. The molecule has 0 radical (unpaired) electrons. The summed E-state index contributed by atoms with van der Waals surface area (Å²) in [5, 5.41) is 1.72. The fraction of sp³-hybridized carbons (Fsp3) is 0.500. The molecule has 0 saturated carbocycles. The minimum Gasteiger partial charge on any atom is -0.341 e. The van der Waals surface area contributed by atoms with E-state index in [-0.39, 0.29) is 0 Å². The Balaban J connectivity index is 0.000000749. The summed E-state index contributed by atoms with van der Waals surface area (Å²) in [7, 11) is -4.67. The van der Waals surface area contributed by atoms with Crippen molar-refractivity contribution in [1.82, 2.24) is 15.0 Å². The first-order valence-corrected chi connectivity index (χ1v) is 10.8. The summed E-state index contributed by atoms with van der Waals surface area (Å²) in [6.07, 6.45) is 3.68. The maximum absolute atomic E-state index is 8.74. The highest BCUT2D eigenvalue weighted by molar-refractivity contribution is 7.79. The van der Waals surface area contributed by atoms with Crippen molar-refractivity contribution < 1.29 is 22.4 Å². The first-order valence-electron chi connectivity index (χ1n) is 9.36. The van der Waals surface area contributed by atoms with Crippen LogP contribution in [0.5, 0.6) is 0 Å². The molecule has 11 heteroatoms. The minimum atomic E-state index is -4.67. The van der Waals surface area contributed by atoms with Crippen LogP contribution >= 0.6 is 0 Å². The first kappa shape index (κ1) is 24.7. The fourth-order valence-corrected chi connectivity index (χ4v) is 2.42. The van der Waals surface area contributed by atoms with Gasteiger partial charge in [-0.25, -0.2) is 10.0 Å². The van der Waals surface area contributed by atoms with Crippen molar-refractivity contribution in [1.29, 1.82) is 0 Å². The summed E-state index contributed by atoms with van der Waals surface area (Å²) in [6, 6.07) is 10.1. The molecule has 0 amide bonds. The van der Waals surface area contributed by atoms with Gasteiger partial charge in [0.1, 0.15) is 12.9 Å². The second-order valence-electron chi connectivity index (χ2n) is 5.97. The van der Waals surface area contributed by atoms with Crippen LogP contribution in [0, 0.1) is 0 Å². The number of nitrogens with zero attached hydrogens (tertiary/aromatic N) is 5. The molecule has 0 saturated heterocycles. The zero-order chi connectivity index (χ0) is 21.7. The van der Waals surface area contributed by atoms with E-state index in [1.165, 1.54) is 0 Å². The maximum Gasteiger partial charge on any atom is 0.394 e. The molecule has 10 nitrogen and oxygen atoms in total. The number of aromatic nitrogens is 3. The van der Waals surface area contributed by atoms with Gasteiger partial charge in [-0.15, -0.1) is 0 Å². The second kappa shape index (κ2) is 13.0. The zero-order valence-corrected chi connectivity index (χ0v) is 17.8. The molecule has 2 N–H and O–H groups in total. The Kier molecular flexibility index (Phi) is 11.1. The van der Waals surface area contributed by atoms with Gasteiger partial charge in [0.05, 0.1) is 0 Å². The second-order valence-corrected chi connectivity index (χ2v) is 6.87. The summed E-state index contributed by atoms with van der Waals surface area (Å²) in [4.78, 5) is 21.3. The van der Waals surface area contributed by atoms with Gasteiger partial charge >= 0.3 is 10.4 Å². The predicted octanol–water partition coefficient (Wildman–Crippen LogP) is 2.80. The standard InChI is InChI=1S/C18H27N5O.H2O4S/c1-4-12-22(13-5-2)17-19-15-20-18(21-17)23(6-3)24-14-16-10-8-7-9-11-16;1-5(2,3)4/h7-11,15H,4-6,12-14H2,1-3H3;(H2,1,2,3,4). The van der Waals surface area contributed by atoms with Gasteiger partial charge in [-0.05, 0) is 25.3 Å². The molecule has 2 rings (SSSR count). The normalized spacial score (nSPS) is 10.8. The Bertz CT molecular complexity index is 793. The number of anilines is 2. The lowest BCUT2D eigenvalue weighted by molar-refractivity contribution is 0.0934. The van der Waals surface area contributed by atoms with Crippen LogP contribution in [0.15, 0.2) is 36.7 Å². The quantitative estimate of drug-likeness (QED) is 0.431. The van der Waals surface area contributed by atoms with Crippen LogP contribution in [0.25, 0.3) is 0 Å². The van der Waals surface area contributed by atoms with Crippen LogP contribution in [0.3, 0.4) is 0 Å². The predicted molar refractivity (Wildman–Crippen MR) is 111 cm³/mol. The lowest BCUT2D eigenvalue weighted by atomic mass is 10.2. The van der Waals surface area contributed by atoms with E-state index in [2.05, 4.69) is 33.7 Å². The molecule has 29 heavy (non-hydrogen) atoms. The van der Waals surface area contributed by atoms with E-state index in [0.29, 0.717) is 25.0 Å². The highest BCUT2D eigenvalue weighted by Crippen LogP contribution is 2.14. The molecular formula is C18H29N5O5S. The summed E-state index contributed by atoms with van der Waals surface area (Å²) in [5.74, 6) is 1.26. The van der Waals surface area contributed by atoms with E-state index >= 15 is 0 Å². The van der Waals surface area contributed by atoms with Crippen LogP contribution in [0.1, 0.15) is 39.2 Å². The van der Waals surface area contributed by atoms with Gasteiger partial charge in [-0.2, -0.15) is 18.4 Å². The van der Waals surface area contributed by atoms with Gasteiger partial charge in [0.25, 0.3) is 5.95 Å². The van der Waals surface area contributed by atoms with Gasteiger partial charge in [0.15, 0.2) is 0 Å². The van der Waals surface area contributed by atoms with E-state index in [1.807, 2.05) is 37.3 Å². The van der Waals surface area contributed by atoms with Crippen LogP contribution in [-0.4, -0.2) is 52.1 Å². The Morgan fingerprint density at radius 2 is 1.52 bits per heavy atom. The fourth-order valence-electron chi connectivity index (χ4n) is 2.42. The molecule has 0 spiro atoms. The van der Waals surface area contributed by atoms with Crippen molar-refractivity contribution in [3.05, 3.63) is 42.2 Å². The van der Waals surface area contributed by atoms with E-state index < -0.39 is 10.4 Å². The molecule has 0 atom stereocenters. The molecule has 1 aromatic heterocycles.